The van der Waals surface area contributed by atoms with Gasteiger partial charge in [-0.25, -0.2) is 0 Å². The number of hydrogen-bond donors (Lipinski definition) is 1. The zero-order chi connectivity index (χ0) is 19.5. The molecule has 5 heteroatoms. The fourth-order valence-corrected chi connectivity index (χ4v) is 4.98. The average Bonchev–Trinajstić information content (AvgIpc) is 3.19. The molecule has 0 saturated carbocycles. The third-order valence-corrected chi connectivity index (χ3v) is 6.54. The highest BCUT2D eigenvalue weighted by molar-refractivity contribution is 7.99. The number of likely N-dealkylation sites (N-methyl/N-ethyl adjacent to an activating group) is 1. The Hall–Kier alpha value is -1.98. The molecule has 0 spiro atoms. The number of benzene rings is 2. The number of nitrogens with zero attached hydrogens (tertiary/aromatic N) is 1. The van der Waals surface area contributed by atoms with Gasteiger partial charge in [0.1, 0.15) is 5.75 Å². The summed E-state index contributed by atoms with van der Waals surface area (Å²) in [6, 6.07) is 13.1. The van der Waals surface area contributed by atoms with E-state index in [1.165, 1.54) is 11.1 Å². The number of thioether (sulfide) groups is 1. The van der Waals surface area contributed by atoms with Gasteiger partial charge in [0.15, 0.2) is 0 Å². The van der Waals surface area contributed by atoms with Crippen molar-refractivity contribution in [1.29, 1.82) is 0 Å². The van der Waals surface area contributed by atoms with Crippen LogP contribution in [0.25, 0.3) is 0 Å². The molecule has 0 radical (unpaired) electrons. The second-order valence-corrected chi connectivity index (χ2v) is 8.73. The van der Waals surface area contributed by atoms with Gasteiger partial charge in [0.05, 0.1) is 12.2 Å². The number of rotatable bonds is 6. The molecule has 0 aliphatic carbocycles. The lowest BCUT2D eigenvalue weighted by atomic mass is 9.94. The molecule has 2 aliphatic heterocycles. The molecule has 1 N–H and O–H groups in total. The van der Waals surface area contributed by atoms with Crippen molar-refractivity contribution in [3.05, 3.63) is 58.7 Å². The first-order valence-corrected chi connectivity index (χ1v) is 11.2. The van der Waals surface area contributed by atoms with Crippen LogP contribution in [0.15, 0.2) is 41.3 Å². The van der Waals surface area contributed by atoms with E-state index in [1.807, 2.05) is 6.07 Å². The second-order valence-electron chi connectivity index (χ2n) is 7.39. The van der Waals surface area contributed by atoms with Crippen molar-refractivity contribution in [3.63, 3.8) is 0 Å². The van der Waals surface area contributed by atoms with Crippen LogP contribution in [0.5, 0.6) is 5.75 Å². The molecule has 1 amide bonds. The number of ether oxygens (including phenoxy) is 1. The van der Waals surface area contributed by atoms with E-state index in [9.17, 15) is 4.79 Å². The first kappa shape index (κ1) is 19.3. The minimum absolute atomic E-state index is 0.0217. The van der Waals surface area contributed by atoms with Crippen LogP contribution >= 0.6 is 11.8 Å². The summed E-state index contributed by atoms with van der Waals surface area (Å²) in [5, 5.41) is 3.19. The maximum Gasteiger partial charge on any atom is 0.255 e. The monoisotopic (exact) mass is 396 g/mol. The summed E-state index contributed by atoms with van der Waals surface area (Å²) in [6.07, 6.45) is 1.86. The Bertz CT molecular complexity index is 868. The number of amides is 1. The fraction of sp³-hybridized carbons (Fsp3) is 0.435. The zero-order valence-electron chi connectivity index (χ0n) is 16.7. The van der Waals surface area contributed by atoms with Gasteiger partial charge in [0.25, 0.3) is 5.91 Å². The van der Waals surface area contributed by atoms with Crippen LogP contribution in [0.4, 0.5) is 0 Å². The number of hydrogen-bond acceptors (Lipinski definition) is 4. The van der Waals surface area contributed by atoms with Crippen LogP contribution in [0.2, 0.25) is 0 Å². The smallest absolute Gasteiger partial charge is 0.255 e. The zero-order valence-corrected chi connectivity index (χ0v) is 17.5. The van der Waals surface area contributed by atoms with Crippen molar-refractivity contribution < 1.29 is 9.53 Å². The molecule has 0 aromatic heterocycles. The van der Waals surface area contributed by atoms with E-state index in [4.69, 9.17) is 4.74 Å². The topological polar surface area (TPSA) is 41.6 Å². The molecule has 2 heterocycles. The van der Waals surface area contributed by atoms with Gasteiger partial charge < -0.3 is 10.1 Å². The predicted molar refractivity (Wildman–Crippen MR) is 114 cm³/mol. The Kier molecular flexibility index (Phi) is 5.93. The summed E-state index contributed by atoms with van der Waals surface area (Å²) in [5.74, 6) is 1.75. The minimum Gasteiger partial charge on any atom is -0.492 e. The van der Waals surface area contributed by atoms with Crippen molar-refractivity contribution in [2.45, 2.75) is 44.2 Å². The van der Waals surface area contributed by atoms with Gasteiger partial charge in [0.2, 0.25) is 0 Å². The van der Waals surface area contributed by atoms with E-state index in [-0.39, 0.29) is 5.91 Å². The summed E-state index contributed by atoms with van der Waals surface area (Å²) in [4.78, 5) is 16.6. The van der Waals surface area contributed by atoms with E-state index in [2.05, 4.69) is 54.4 Å². The van der Waals surface area contributed by atoms with Crippen LogP contribution < -0.4 is 10.1 Å². The second kappa shape index (κ2) is 8.58. The van der Waals surface area contributed by atoms with E-state index in [0.717, 1.165) is 47.9 Å². The molecule has 0 bridgehead atoms. The lowest BCUT2D eigenvalue weighted by molar-refractivity contribution is 0.0924. The van der Waals surface area contributed by atoms with Gasteiger partial charge >= 0.3 is 0 Å². The molecule has 2 aromatic rings. The van der Waals surface area contributed by atoms with Gasteiger partial charge in [-0.05, 0) is 47.5 Å². The van der Waals surface area contributed by atoms with E-state index < -0.39 is 0 Å². The highest BCUT2D eigenvalue weighted by Gasteiger charge is 2.27. The molecule has 28 heavy (non-hydrogen) atoms. The first-order chi connectivity index (χ1) is 13.7. The van der Waals surface area contributed by atoms with Crippen molar-refractivity contribution in [3.8, 4) is 5.75 Å². The maximum atomic E-state index is 13.0. The predicted octanol–water partition coefficient (Wildman–Crippen LogP) is 3.91. The lowest BCUT2D eigenvalue weighted by Gasteiger charge is -2.36. The Morgan fingerprint density at radius 1 is 1.21 bits per heavy atom. The summed E-state index contributed by atoms with van der Waals surface area (Å²) >= 11 is 1.77. The molecule has 0 unspecified atom stereocenters. The van der Waals surface area contributed by atoms with Gasteiger partial charge in [-0.1, -0.05) is 38.1 Å². The number of carbonyl (C=O) groups excluding carboxylic acids is 1. The molecule has 2 aromatic carbocycles. The number of carbonyl (C=O) groups is 1. The van der Waals surface area contributed by atoms with Gasteiger partial charge in [-0.2, -0.15) is 0 Å². The molecular weight excluding hydrogens is 368 g/mol. The summed E-state index contributed by atoms with van der Waals surface area (Å²) in [6.45, 7) is 7.58. The van der Waals surface area contributed by atoms with Gasteiger partial charge in [-0.3, -0.25) is 9.69 Å². The molecule has 4 rings (SSSR count). The molecule has 4 nitrogen and oxygen atoms in total. The van der Waals surface area contributed by atoms with E-state index in [1.54, 1.807) is 11.8 Å². The van der Waals surface area contributed by atoms with Crippen LogP contribution in [0.1, 0.15) is 40.9 Å². The minimum atomic E-state index is -0.0217. The van der Waals surface area contributed by atoms with Crippen LogP contribution in [-0.2, 0) is 19.4 Å². The van der Waals surface area contributed by atoms with Gasteiger partial charge in [0, 0.05) is 30.4 Å². The van der Waals surface area contributed by atoms with Crippen molar-refractivity contribution in [2.75, 3.05) is 25.4 Å². The third-order valence-electron chi connectivity index (χ3n) is 5.68. The highest BCUT2D eigenvalue weighted by Crippen LogP contribution is 2.34. The Balaban J connectivity index is 1.49. The standard InChI is InChI=1S/C23H28N2O2S/c1-3-25-15-18-8-6-5-7-16(18)11-19(25)14-24-23(26)21-13-20(28-4-2)12-17-9-10-27-22(17)21/h5-8,12-13,19H,3-4,9-11,14-15H2,1-2H3,(H,24,26)/t19-/m1/s1. The van der Waals surface area contributed by atoms with Crippen LogP contribution in [-0.4, -0.2) is 42.3 Å². The normalized spacial score (nSPS) is 18.3. The Morgan fingerprint density at radius 3 is 2.82 bits per heavy atom. The third kappa shape index (κ3) is 3.91. The largest absolute Gasteiger partial charge is 0.492 e. The SMILES string of the molecule is CCSc1cc2c(c(C(=O)NC[C@H]3Cc4ccccc4CN3CC)c1)OCC2. The fourth-order valence-electron chi connectivity index (χ4n) is 4.22. The summed E-state index contributed by atoms with van der Waals surface area (Å²) in [5.41, 5.74) is 4.65. The van der Waals surface area contributed by atoms with Gasteiger partial charge in [-0.15, -0.1) is 11.8 Å². The maximum absolute atomic E-state index is 13.0. The molecular formula is C23H28N2O2S. The lowest BCUT2D eigenvalue weighted by Crippen LogP contribution is -2.47. The molecule has 0 fully saturated rings. The van der Waals surface area contributed by atoms with Crippen LogP contribution in [0.3, 0.4) is 0 Å². The van der Waals surface area contributed by atoms with Crippen molar-refractivity contribution in [2.24, 2.45) is 0 Å². The quantitative estimate of drug-likeness (QED) is 0.752. The average molecular weight is 397 g/mol. The Morgan fingerprint density at radius 2 is 2.04 bits per heavy atom. The Labute approximate surface area is 171 Å². The first-order valence-electron chi connectivity index (χ1n) is 10.2. The number of fused-ring (bicyclic) bond motifs is 2. The van der Waals surface area contributed by atoms with E-state index >= 15 is 0 Å². The summed E-state index contributed by atoms with van der Waals surface area (Å²) < 4.78 is 5.78. The molecule has 0 saturated heterocycles. The van der Waals surface area contributed by atoms with Crippen molar-refractivity contribution in [1.82, 2.24) is 10.2 Å². The van der Waals surface area contributed by atoms with Crippen LogP contribution in [0, 0.1) is 0 Å². The van der Waals surface area contributed by atoms with E-state index in [0.29, 0.717) is 24.8 Å². The molecule has 148 valence electrons. The molecule has 1 atom stereocenters. The summed E-state index contributed by atoms with van der Waals surface area (Å²) in [7, 11) is 0. The highest BCUT2D eigenvalue weighted by atomic mass is 32.2. The molecule has 2 aliphatic rings. The number of nitrogens with one attached hydrogen (secondary N) is 1. The van der Waals surface area contributed by atoms with Crippen molar-refractivity contribution >= 4 is 17.7 Å².